The Morgan fingerprint density at radius 3 is 2.33 bits per heavy atom. The molecule has 152 valence electrons. The molecule has 0 radical (unpaired) electrons. The predicted molar refractivity (Wildman–Crippen MR) is 110 cm³/mol. The topological polar surface area (TPSA) is 73.0 Å². The molecule has 0 aromatic heterocycles. The number of carbonyl (C=O) groups is 1. The van der Waals surface area contributed by atoms with Crippen LogP contribution in [0.1, 0.15) is 18.9 Å². The van der Waals surface area contributed by atoms with Crippen molar-refractivity contribution in [3.8, 4) is 0 Å². The average Bonchev–Trinajstić information content (AvgIpc) is 2.60. The first kappa shape index (κ1) is 21.7. The second-order valence-corrected chi connectivity index (χ2v) is 9.22. The lowest BCUT2D eigenvalue weighted by molar-refractivity contribution is -0.121. The van der Waals surface area contributed by atoms with E-state index in [0.717, 1.165) is 51.0 Å². The molecule has 8 heteroatoms. The molecule has 1 fully saturated rings. The van der Waals surface area contributed by atoms with Crippen LogP contribution >= 0.6 is 0 Å². The molecule has 0 bridgehead atoms. The molecule has 27 heavy (non-hydrogen) atoms. The maximum atomic E-state index is 12.5. The van der Waals surface area contributed by atoms with Crippen LogP contribution in [0.2, 0.25) is 0 Å². The zero-order valence-electron chi connectivity index (χ0n) is 16.8. The summed E-state index contributed by atoms with van der Waals surface area (Å²) in [5.41, 5.74) is 1.54. The first-order chi connectivity index (χ1) is 12.7. The van der Waals surface area contributed by atoms with E-state index >= 15 is 0 Å². The lowest BCUT2D eigenvalue weighted by Gasteiger charge is -2.32. The van der Waals surface area contributed by atoms with Gasteiger partial charge in [-0.15, -0.1) is 0 Å². The summed E-state index contributed by atoms with van der Waals surface area (Å²) in [6, 6.07) is 6.34. The van der Waals surface area contributed by atoms with Gasteiger partial charge < -0.3 is 15.1 Å². The zero-order chi connectivity index (χ0) is 20.0. The van der Waals surface area contributed by atoms with E-state index < -0.39 is 16.1 Å². The normalized spacial score (nSPS) is 17.5. The Labute approximate surface area is 163 Å². The lowest BCUT2D eigenvalue weighted by Crippen LogP contribution is -2.48. The van der Waals surface area contributed by atoms with Gasteiger partial charge in [0.2, 0.25) is 15.9 Å². The molecule has 2 rings (SSSR count). The van der Waals surface area contributed by atoms with Crippen LogP contribution in [0.4, 0.5) is 5.69 Å². The average molecular weight is 397 g/mol. The van der Waals surface area contributed by atoms with Gasteiger partial charge in [0, 0.05) is 32.7 Å². The van der Waals surface area contributed by atoms with E-state index in [4.69, 9.17) is 0 Å². The minimum absolute atomic E-state index is 0.278. The lowest BCUT2D eigenvalue weighted by atomic mass is 10.2. The van der Waals surface area contributed by atoms with Crippen molar-refractivity contribution in [2.24, 2.45) is 0 Å². The highest BCUT2D eigenvalue weighted by Gasteiger charge is 2.28. The number of hydrogen-bond donors (Lipinski definition) is 1. The van der Waals surface area contributed by atoms with Crippen molar-refractivity contribution in [1.82, 2.24) is 15.1 Å². The number of rotatable bonds is 8. The van der Waals surface area contributed by atoms with Crippen LogP contribution in [-0.4, -0.2) is 82.7 Å². The van der Waals surface area contributed by atoms with Gasteiger partial charge in [-0.1, -0.05) is 17.7 Å². The third-order valence-electron chi connectivity index (χ3n) is 4.92. The third kappa shape index (κ3) is 6.48. The van der Waals surface area contributed by atoms with E-state index in [2.05, 4.69) is 22.2 Å². The van der Waals surface area contributed by atoms with Crippen molar-refractivity contribution in [2.45, 2.75) is 26.3 Å². The predicted octanol–water partition coefficient (Wildman–Crippen LogP) is 0.903. The molecule has 1 amide bonds. The number of anilines is 1. The van der Waals surface area contributed by atoms with Gasteiger partial charge in [-0.2, -0.15) is 0 Å². The number of nitrogens with one attached hydrogen (secondary N) is 1. The summed E-state index contributed by atoms with van der Waals surface area (Å²) in [5.74, 6) is -0.278. The van der Waals surface area contributed by atoms with E-state index in [1.54, 1.807) is 19.1 Å². The van der Waals surface area contributed by atoms with E-state index in [9.17, 15) is 13.2 Å². The van der Waals surface area contributed by atoms with Crippen molar-refractivity contribution < 1.29 is 13.2 Å². The van der Waals surface area contributed by atoms with Gasteiger partial charge in [0.05, 0.1) is 11.9 Å². The summed E-state index contributed by atoms with van der Waals surface area (Å²) in [7, 11) is -1.44. The van der Waals surface area contributed by atoms with Crippen molar-refractivity contribution >= 4 is 21.6 Å². The van der Waals surface area contributed by atoms with Crippen molar-refractivity contribution in [1.29, 1.82) is 0 Å². The van der Waals surface area contributed by atoms with E-state index in [1.165, 1.54) is 4.31 Å². The molecule has 1 atom stereocenters. The first-order valence-electron chi connectivity index (χ1n) is 9.43. The summed E-state index contributed by atoms with van der Waals surface area (Å²) >= 11 is 0. The van der Waals surface area contributed by atoms with E-state index in [-0.39, 0.29) is 5.91 Å². The fourth-order valence-corrected chi connectivity index (χ4v) is 4.41. The number of carbonyl (C=O) groups excluding carboxylic acids is 1. The number of hydrogen-bond acceptors (Lipinski definition) is 5. The Morgan fingerprint density at radius 2 is 1.78 bits per heavy atom. The Morgan fingerprint density at radius 1 is 1.19 bits per heavy atom. The Bertz CT molecular complexity index is 713. The first-order valence-corrected chi connectivity index (χ1v) is 11.3. The number of piperazine rings is 1. The summed E-state index contributed by atoms with van der Waals surface area (Å²) in [4.78, 5) is 17.2. The maximum absolute atomic E-state index is 12.5. The Kier molecular flexibility index (Phi) is 7.64. The second-order valence-electron chi connectivity index (χ2n) is 7.36. The second kappa shape index (κ2) is 9.52. The molecule has 0 saturated carbocycles. The highest BCUT2D eigenvalue weighted by Crippen LogP contribution is 2.21. The number of likely N-dealkylation sites (N-methyl/N-ethyl adjacent to an activating group) is 1. The smallest absolute Gasteiger partial charge is 0.243 e. The van der Waals surface area contributed by atoms with Gasteiger partial charge in [-0.3, -0.25) is 9.10 Å². The van der Waals surface area contributed by atoms with Gasteiger partial charge in [0.25, 0.3) is 0 Å². The van der Waals surface area contributed by atoms with E-state index in [1.807, 2.05) is 19.1 Å². The maximum Gasteiger partial charge on any atom is 0.243 e. The molecule has 0 spiro atoms. The highest BCUT2D eigenvalue weighted by molar-refractivity contribution is 7.92. The summed E-state index contributed by atoms with van der Waals surface area (Å²) < 4.78 is 25.7. The Balaban J connectivity index is 1.88. The standard InChI is InChI=1S/C19H32N4O3S/c1-16-6-8-18(9-7-16)23(27(4,25)26)17(2)19(24)20-10-5-11-22-14-12-21(3)13-15-22/h6-9,17H,5,10-15H2,1-4H3,(H,20,24)/t17-/m1/s1. The minimum Gasteiger partial charge on any atom is -0.354 e. The molecule has 1 aromatic rings. The molecular formula is C19H32N4O3S. The van der Waals surface area contributed by atoms with E-state index in [0.29, 0.717) is 12.2 Å². The van der Waals surface area contributed by atoms with Crippen LogP contribution in [0.3, 0.4) is 0 Å². The van der Waals surface area contributed by atoms with Crippen LogP contribution in [0, 0.1) is 6.92 Å². The number of nitrogens with zero attached hydrogens (tertiary/aromatic N) is 3. The van der Waals surface area contributed by atoms with Crippen molar-refractivity contribution in [3.05, 3.63) is 29.8 Å². The number of sulfonamides is 1. The SMILES string of the molecule is Cc1ccc(N([C@H](C)C(=O)NCCCN2CCN(C)CC2)S(C)(=O)=O)cc1. The molecule has 1 aromatic carbocycles. The fraction of sp³-hybridized carbons (Fsp3) is 0.632. The number of benzene rings is 1. The van der Waals surface area contributed by atoms with Gasteiger partial charge in [-0.25, -0.2) is 8.42 Å². The molecule has 7 nitrogen and oxygen atoms in total. The van der Waals surface area contributed by atoms with Crippen LogP contribution < -0.4 is 9.62 Å². The monoisotopic (exact) mass is 396 g/mol. The van der Waals surface area contributed by atoms with Gasteiger partial charge >= 0.3 is 0 Å². The van der Waals surface area contributed by atoms with Crippen LogP contribution in [0.25, 0.3) is 0 Å². The van der Waals surface area contributed by atoms with Gasteiger partial charge in [0.1, 0.15) is 6.04 Å². The molecular weight excluding hydrogens is 364 g/mol. The number of amides is 1. The number of aryl methyl sites for hydroxylation is 1. The Hall–Kier alpha value is -1.64. The van der Waals surface area contributed by atoms with Crippen molar-refractivity contribution in [2.75, 3.05) is 56.9 Å². The molecule has 0 aliphatic carbocycles. The highest BCUT2D eigenvalue weighted by atomic mass is 32.2. The zero-order valence-corrected chi connectivity index (χ0v) is 17.6. The third-order valence-corrected chi connectivity index (χ3v) is 6.16. The van der Waals surface area contributed by atoms with Gasteiger partial charge in [-0.05, 0) is 46.0 Å². The molecule has 1 saturated heterocycles. The summed E-state index contributed by atoms with van der Waals surface area (Å²) in [6.45, 7) is 9.29. The fourth-order valence-electron chi connectivity index (χ4n) is 3.23. The summed E-state index contributed by atoms with van der Waals surface area (Å²) in [6.07, 6.45) is 1.98. The van der Waals surface area contributed by atoms with Gasteiger partial charge in [0.15, 0.2) is 0 Å². The minimum atomic E-state index is -3.57. The summed E-state index contributed by atoms with van der Waals surface area (Å²) in [5, 5.41) is 2.88. The largest absolute Gasteiger partial charge is 0.354 e. The molecule has 0 unspecified atom stereocenters. The van der Waals surface area contributed by atoms with Crippen molar-refractivity contribution in [3.63, 3.8) is 0 Å². The molecule has 1 heterocycles. The van der Waals surface area contributed by atoms with Crippen LogP contribution in [-0.2, 0) is 14.8 Å². The molecule has 1 aliphatic rings. The quantitative estimate of drug-likeness (QED) is 0.661. The molecule has 1 N–H and O–H groups in total. The van der Waals surface area contributed by atoms with Crippen LogP contribution in [0.15, 0.2) is 24.3 Å². The van der Waals surface area contributed by atoms with Crippen LogP contribution in [0.5, 0.6) is 0 Å². The molecule has 1 aliphatic heterocycles.